The molecule has 0 radical (unpaired) electrons. The van der Waals surface area contributed by atoms with Crippen molar-refractivity contribution in [3.63, 3.8) is 0 Å². The fourth-order valence-corrected chi connectivity index (χ4v) is 2.37. The van der Waals surface area contributed by atoms with Crippen molar-refractivity contribution >= 4 is 23.6 Å². The van der Waals surface area contributed by atoms with Crippen LogP contribution < -0.4 is 5.46 Å². The zero-order valence-corrected chi connectivity index (χ0v) is 11.3. The molecule has 0 aliphatic heterocycles. The maximum absolute atomic E-state index is 12.9. The number of nitrogens with zero attached hydrogens (tertiary/aromatic N) is 2. The predicted octanol–water partition coefficient (Wildman–Crippen LogP) is 1.23. The highest BCUT2D eigenvalue weighted by Crippen LogP contribution is 2.19. The summed E-state index contributed by atoms with van der Waals surface area (Å²) in [5.41, 5.74) is 3.61. The van der Waals surface area contributed by atoms with Gasteiger partial charge >= 0.3 is 7.12 Å². The highest BCUT2D eigenvalue weighted by molar-refractivity contribution is 6.58. The minimum Gasteiger partial charge on any atom is -0.423 e. The van der Waals surface area contributed by atoms with Crippen LogP contribution in [0.2, 0.25) is 0 Å². The number of fused-ring (bicyclic) bond motifs is 1. The molecule has 1 heterocycles. The molecule has 21 heavy (non-hydrogen) atoms. The lowest BCUT2D eigenvalue weighted by Gasteiger charge is -2.06. The summed E-state index contributed by atoms with van der Waals surface area (Å²) in [6.45, 7) is 0.0610. The molecule has 3 rings (SSSR count). The summed E-state index contributed by atoms with van der Waals surface area (Å²) < 4.78 is 14.9. The number of hydrogen-bond acceptors (Lipinski definition) is 3. The van der Waals surface area contributed by atoms with Crippen LogP contribution in [-0.2, 0) is 13.2 Å². The summed E-state index contributed by atoms with van der Waals surface area (Å²) in [6.07, 6.45) is 1.69. The highest BCUT2D eigenvalue weighted by Gasteiger charge is 2.11. The number of hydrogen-bond donors (Lipinski definition) is 2. The molecule has 2 N–H and O–H groups in total. The van der Waals surface area contributed by atoms with Crippen molar-refractivity contribution in [1.29, 1.82) is 0 Å². The maximum Gasteiger partial charge on any atom is 0.488 e. The van der Waals surface area contributed by atoms with E-state index >= 15 is 0 Å². The molecule has 0 fully saturated rings. The summed E-state index contributed by atoms with van der Waals surface area (Å²) in [5, 5.41) is 18.2. The van der Waals surface area contributed by atoms with Crippen LogP contribution in [0.25, 0.3) is 11.0 Å². The molecule has 0 atom stereocenters. The highest BCUT2D eigenvalue weighted by atomic mass is 19.1. The molecular formula is C15H14BFN2O2. The number of benzene rings is 2. The Morgan fingerprint density at radius 2 is 1.86 bits per heavy atom. The van der Waals surface area contributed by atoms with Gasteiger partial charge in [-0.3, -0.25) is 0 Å². The number of para-hydroxylation sites is 1. The van der Waals surface area contributed by atoms with E-state index in [-0.39, 0.29) is 0 Å². The van der Waals surface area contributed by atoms with E-state index in [0.717, 1.165) is 11.1 Å². The van der Waals surface area contributed by atoms with Gasteiger partial charge in [0.05, 0.1) is 17.4 Å². The number of rotatable bonds is 4. The Kier molecular flexibility index (Phi) is 3.73. The van der Waals surface area contributed by atoms with Crippen molar-refractivity contribution in [2.45, 2.75) is 13.2 Å². The second-order valence-corrected chi connectivity index (χ2v) is 4.91. The number of imidazole rings is 1. The molecule has 0 spiro atoms. The Morgan fingerprint density at radius 1 is 1.10 bits per heavy atom. The molecule has 6 heteroatoms. The largest absolute Gasteiger partial charge is 0.488 e. The topological polar surface area (TPSA) is 58.3 Å². The summed E-state index contributed by atoms with van der Waals surface area (Å²) in [4.78, 5) is 4.27. The van der Waals surface area contributed by atoms with Gasteiger partial charge in [-0.15, -0.1) is 0 Å². The molecule has 0 aliphatic rings. The first-order chi connectivity index (χ1) is 10.2. The zero-order chi connectivity index (χ0) is 14.8. The number of halogens is 1. The fourth-order valence-electron chi connectivity index (χ4n) is 2.37. The van der Waals surface area contributed by atoms with Crippen LogP contribution in [0.3, 0.4) is 0 Å². The lowest BCUT2D eigenvalue weighted by Crippen LogP contribution is -2.29. The lowest BCUT2D eigenvalue weighted by molar-refractivity contribution is 0.426. The third-order valence-electron chi connectivity index (χ3n) is 3.51. The van der Waals surface area contributed by atoms with Crippen molar-refractivity contribution in [3.8, 4) is 0 Å². The fraction of sp³-hybridized carbons (Fsp3) is 0.133. The van der Waals surface area contributed by atoms with Crippen molar-refractivity contribution in [1.82, 2.24) is 9.55 Å². The zero-order valence-electron chi connectivity index (χ0n) is 11.3. The summed E-state index contributed by atoms with van der Waals surface area (Å²) in [7, 11) is -1.46. The standard InChI is InChI=1S/C15H14BFN2O2/c17-8-12-2-1-3-14-15(12)18-10-19(14)9-11-4-6-13(7-5-11)16(20)21/h1-7,10,20-21H,8-9H2. The van der Waals surface area contributed by atoms with E-state index in [9.17, 15) is 4.39 Å². The molecule has 106 valence electrons. The first kappa shape index (κ1) is 13.8. The van der Waals surface area contributed by atoms with Crippen LogP contribution in [0.5, 0.6) is 0 Å². The molecule has 0 aliphatic carbocycles. The van der Waals surface area contributed by atoms with Crippen LogP contribution in [0, 0.1) is 0 Å². The van der Waals surface area contributed by atoms with Crippen LogP contribution in [-0.4, -0.2) is 26.7 Å². The van der Waals surface area contributed by atoms with E-state index in [0.29, 0.717) is 23.1 Å². The van der Waals surface area contributed by atoms with Gasteiger partial charge in [-0.1, -0.05) is 36.4 Å². The lowest BCUT2D eigenvalue weighted by atomic mass is 9.80. The van der Waals surface area contributed by atoms with Gasteiger partial charge in [-0.2, -0.15) is 0 Å². The van der Waals surface area contributed by atoms with E-state index in [1.165, 1.54) is 0 Å². The van der Waals surface area contributed by atoms with Gasteiger partial charge in [-0.05, 0) is 17.1 Å². The van der Waals surface area contributed by atoms with Crippen LogP contribution >= 0.6 is 0 Å². The van der Waals surface area contributed by atoms with Crippen LogP contribution in [0.4, 0.5) is 4.39 Å². The average molecular weight is 284 g/mol. The van der Waals surface area contributed by atoms with Gasteiger partial charge in [0.2, 0.25) is 0 Å². The molecule has 4 nitrogen and oxygen atoms in total. The van der Waals surface area contributed by atoms with Crippen LogP contribution in [0.1, 0.15) is 11.1 Å². The Bertz CT molecular complexity index is 756. The third-order valence-corrected chi connectivity index (χ3v) is 3.51. The molecule has 1 aromatic heterocycles. The average Bonchev–Trinajstić information content (AvgIpc) is 2.91. The van der Waals surface area contributed by atoms with Crippen molar-refractivity contribution in [3.05, 3.63) is 59.9 Å². The first-order valence-corrected chi connectivity index (χ1v) is 6.62. The summed E-state index contributed by atoms with van der Waals surface area (Å²) >= 11 is 0. The van der Waals surface area contributed by atoms with Crippen LogP contribution in [0.15, 0.2) is 48.8 Å². The van der Waals surface area contributed by atoms with Gasteiger partial charge in [0, 0.05) is 12.1 Å². The minimum absolute atomic E-state index is 0.453. The third kappa shape index (κ3) is 2.68. The normalized spacial score (nSPS) is 11.0. The van der Waals surface area contributed by atoms with E-state index in [1.54, 1.807) is 24.5 Å². The van der Waals surface area contributed by atoms with E-state index < -0.39 is 13.8 Å². The Balaban J connectivity index is 1.91. The molecular weight excluding hydrogens is 270 g/mol. The second kappa shape index (κ2) is 5.67. The maximum atomic E-state index is 12.9. The molecule has 0 unspecified atom stereocenters. The second-order valence-electron chi connectivity index (χ2n) is 4.91. The smallest absolute Gasteiger partial charge is 0.423 e. The monoisotopic (exact) mass is 284 g/mol. The molecule has 3 aromatic rings. The molecule has 0 saturated heterocycles. The van der Waals surface area contributed by atoms with Gasteiger partial charge in [-0.25, -0.2) is 9.37 Å². The quantitative estimate of drug-likeness (QED) is 0.709. The van der Waals surface area contributed by atoms with Gasteiger partial charge < -0.3 is 14.6 Å². The molecule has 0 saturated carbocycles. The Labute approximate surface area is 121 Å². The Morgan fingerprint density at radius 3 is 2.52 bits per heavy atom. The van der Waals surface area contributed by atoms with Gasteiger partial charge in [0.25, 0.3) is 0 Å². The number of alkyl halides is 1. The van der Waals surface area contributed by atoms with E-state index in [4.69, 9.17) is 10.0 Å². The Hall–Kier alpha value is -2.18. The van der Waals surface area contributed by atoms with E-state index in [2.05, 4.69) is 4.98 Å². The molecule has 2 aromatic carbocycles. The van der Waals surface area contributed by atoms with Gasteiger partial charge in [0.15, 0.2) is 0 Å². The van der Waals surface area contributed by atoms with Gasteiger partial charge in [0.1, 0.15) is 6.67 Å². The molecule has 0 amide bonds. The SMILES string of the molecule is OB(O)c1ccc(Cn2cnc3c(CF)cccc32)cc1. The number of aromatic nitrogens is 2. The van der Waals surface area contributed by atoms with Crippen molar-refractivity contribution in [2.75, 3.05) is 0 Å². The van der Waals surface area contributed by atoms with E-state index in [1.807, 2.05) is 28.8 Å². The first-order valence-electron chi connectivity index (χ1n) is 6.62. The summed E-state index contributed by atoms with van der Waals surface area (Å²) in [6, 6.07) is 12.5. The summed E-state index contributed by atoms with van der Waals surface area (Å²) in [5.74, 6) is 0. The molecule has 0 bridgehead atoms. The van der Waals surface area contributed by atoms with Crippen molar-refractivity contribution in [2.24, 2.45) is 0 Å². The van der Waals surface area contributed by atoms with Crippen molar-refractivity contribution < 1.29 is 14.4 Å². The minimum atomic E-state index is -1.46. The predicted molar refractivity (Wildman–Crippen MR) is 79.9 cm³/mol.